The molecule has 71 heavy (non-hydrogen) atoms. The molecule has 2 aromatic carbocycles. The van der Waals surface area contributed by atoms with Gasteiger partial charge in [-0.2, -0.15) is 0 Å². The normalized spacial score (nSPS) is 22.4. The number of aromatic hydroxyl groups is 1. The van der Waals surface area contributed by atoms with E-state index in [1.54, 1.807) is 44.2 Å². The number of benzene rings is 2. The maximum Gasteiger partial charge on any atom is 0.245 e. The van der Waals surface area contributed by atoms with Gasteiger partial charge in [-0.3, -0.25) is 53.3 Å². The van der Waals surface area contributed by atoms with E-state index in [0.29, 0.717) is 17.5 Å². The smallest absolute Gasteiger partial charge is 0.245 e. The first-order chi connectivity index (χ1) is 33.4. The summed E-state index contributed by atoms with van der Waals surface area (Å²) in [4.78, 5) is 133. The van der Waals surface area contributed by atoms with E-state index in [0.717, 1.165) is 11.9 Å². The Labute approximate surface area is 410 Å². The lowest BCUT2D eigenvalue weighted by Crippen LogP contribution is -2.61. The van der Waals surface area contributed by atoms with E-state index >= 15 is 0 Å². The second-order valence-electron chi connectivity index (χ2n) is 17.3. The van der Waals surface area contributed by atoms with Crippen molar-refractivity contribution in [3.8, 4) is 5.75 Å². The Hall–Kier alpha value is -7.19. The number of primary amides is 3. The molecule has 1 heterocycles. The number of aliphatic hydroxyl groups excluding tert-OH is 1. The third kappa shape index (κ3) is 20.4. The molecule has 2 aromatic rings. The number of phenolic OH excluding ortho intramolecular Hbond substituents is 1. The molecule has 1 fully saturated rings. The Kier molecular flexibility index (Phi) is 22.8. The molecule has 0 aliphatic carbocycles. The topological polar surface area (TPSA) is 411 Å². The molecular weight excluding hydrogens is 951 g/mol. The molecule has 0 saturated carbocycles. The average Bonchev–Trinajstić information content (AvgIpc) is 3.30. The molecule has 25 nitrogen and oxygen atoms in total. The summed E-state index contributed by atoms with van der Waals surface area (Å²) in [5.74, 6) is -12.0. The molecule has 390 valence electrons. The van der Waals surface area contributed by atoms with E-state index in [9.17, 15) is 66.6 Å². The first kappa shape index (κ1) is 58.1. The molecule has 1 unspecified atom stereocenters. The van der Waals surface area contributed by atoms with Crippen molar-refractivity contribution in [2.75, 3.05) is 31.6 Å². The number of nitrogens with one attached hydrogen (secondary N) is 7. The molecule has 15 N–H and O–H groups in total. The van der Waals surface area contributed by atoms with Crippen LogP contribution in [0, 0.1) is 5.92 Å². The molecule has 1 aliphatic heterocycles. The molecule has 0 spiro atoms. The van der Waals surface area contributed by atoms with Gasteiger partial charge in [0, 0.05) is 26.3 Å². The van der Waals surface area contributed by atoms with Crippen LogP contribution in [0.2, 0.25) is 0 Å². The zero-order chi connectivity index (χ0) is 53.0. The fraction of sp³-hybridized carbons (Fsp3) is 0.511. The Bertz CT molecular complexity index is 2340. The lowest BCUT2D eigenvalue weighted by molar-refractivity contribution is -0.140. The number of likely N-dealkylation sites (N-methyl/N-ethyl adjacent to an activating group) is 1. The number of hydrogen-bond acceptors (Lipinski definition) is 15. The van der Waals surface area contributed by atoms with Gasteiger partial charge in [-0.25, -0.2) is 8.42 Å². The van der Waals surface area contributed by atoms with Crippen LogP contribution < -0.4 is 54.4 Å². The van der Waals surface area contributed by atoms with Crippen molar-refractivity contribution in [1.29, 1.82) is 0 Å². The van der Waals surface area contributed by atoms with Crippen LogP contribution in [0.4, 0.5) is 0 Å². The van der Waals surface area contributed by atoms with Gasteiger partial charge in [-0.15, -0.1) is 0 Å². The number of hydrogen-bond donors (Lipinski definition) is 12. The van der Waals surface area contributed by atoms with Crippen LogP contribution >= 0.6 is 0 Å². The maximum absolute atomic E-state index is 14.1. The van der Waals surface area contributed by atoms with Crippen LogP contribution in [0.1, 0.15) is 63.5 Å². The summed E-state index contributed by atoms with van der Waals surface area (Å²) in [5, 5.41) is 38.2. The molecular formula is C45H65N11O14S. The van der Waals surface area contributed by atoms with Crippen molar-refractivity contribution >= 4 is 68.9 Å². The van der Waals surface area contributed by atoms with E-state index in [1.807, 2.05) is 0 Å². The number of aliphatic hydroxyl groups is 1. The van der Waals surface area contributed by atoms with Gasteiger partial charge in [-0.1, -0.05) is 62.7 Å². The predicted octanol–water partition coefficient (Wildman–Crippen LogP) is -4.67. The largest absolute Gasteiger partial charge is 0.508 e. The minimum Gasteiger partial charge on any atom is -0.508 e. The zero-order valence-electron chi connectivity index (χ0n) is 39.7. The summed E-state index contributed by atoms with van der Waals surface area (Å²) < 4.78 is 27.1. The molecule has 0 bridgehead atoms. The Morgan fingerprint density at radius 3 is 1.99 bits per heavy atom. The molecule has 1 saturated heterocycles. The van der Waals surface area contributed by atoms with Gasteiger partial charge < -0.3 is 64.2 Å². The van der Waals surface area contributed by atoms with Gasteiger partial charge in [0.15, 0.2) is 9.84 Å². The fourth-order valence-electron chi connectivity index (χ4n) is 7.24. The molecule has 8 atom stereocenters. The maximum atomic E-state index is 14.1. The third-order valence-electron chi connectivity index (χ3n) is 11.4. The summed E-state index contributed by atoms with van der Waals surface area (Å²) in [6.45, 7) is 2.01. The quantitative estimate of drug-likeness (QED) is 0.0668. The standard InChI is InChI=1S/C45H65N11O14S/c1-4-25(2)39-44(67)52-29(14-15-34(46)58)41(64)54-33(22-35(47)59)42(65)53-30(16-18-71(69,70)19-17-37(61)50-32(43(66)55-39)21-27-10-12-28(57)13-11-27)45(68)56(3)24-38(62)51-31(40(63)49-23-36(48)60)20-26-8-6-5-7-9-26/h5-13,25,29-33,37,39,50,57,61H,4,14-24H2,1-3H3,(H2,46,58)(H2,47,59)(H2,48,60)(H,49,63)(H,51,62)(H,52,67)(H,53,65)(H,54,64)(H,55,66)/t25-,29-,30-,31-,32+,33-,37?,39-/m0/s1. The van der Waals surface area contributed by atoms with Gasteiger partial charge in [0.05, 0.1) is 37.1 Å². The van der Waals surface area contributed by atoms with Crippen LogP contribution in [0.15, 0.2) is 54.6 Å². The van der Waals surface area contributed by atoms with E-state index < -0.39 is 174 Å². The Morgan fingerprint density at radius 1 is 0.775 bits per heavy atom. The monoisotopic (exact) mass is 1020 g/mol. The number of nitrogens with two attached hydrogens (primary N) is 3. The van der Waals surface area contributed by atoms with Crippen molar-refractivity contribution in [1.82, 2.24) is 42.1 Å². The number of amides is 10. The number of sulfone groups is 1. The summed E-state index contributed by atoms with van der Waals surface area (Å²) in [6.07, 6.45) is -4.55. The van der Waals surface area contributed by atoms with Crippen molar-refractivity contribution in [3.05, 3.63) is 65.7 Å². The Balaban J connectivity index is 2.04. The number of rotatable bonds is 18. The second kappa shape index (κ2) is 27.9. The first-order valence-corrected chi connectivity index (χ1v) is 24.5. The highest BCUT2D eigenvalue weighted by atomic mass is 32.2. The van der Waals surface area contributed by atoms with Crippen LogP contribution in [0.5, 0.6) is 5.75 Å². The van der Waals surface area contributed by atoms with Crippen LogP contribution in [0.3, 0.4) is 0 Å². The zero-order valence-corrected chi connectivity index (χ0v) is 40.5. The molecule has 0 aromatic heterocycles. The lowest BCUT2D eigenvalue weighted by atomic mass is 9.96. The van der Waals surface area contributed by atoms with Crippen LogP contribution in [-0.4, -0.2) is 157 Å². The van der Waals surface area contributed by atoms with Crippen molar-refractivity contribution in [2.24, 2.45) is 23.1 Å². The van der Waals surface area contributed by atoms with Gasteiger partial charge in [0.1, 0.15) is 42.2 Å². The van der Waals surface area contributed by atoms with Gasteiger partial charge >= 0.3 is 0 Å². The highest BCUT2D eigenvalue weighted by molar-refractivity contribution is 7.91. The minimum atomic E-state index is -4.23. The highest BCUT2D eigenvalue weighted by Gasteiger charge is 2.36. The van der Waals surface area contributed by atoms with E-state index in [1.165, 1.54) is 24.3 Å². The van der Waals surface area contributed by atoms with Crippen LogP contribution in [-0.2, 0) is 70.6 Å². The molecule has 26 heteroatoms. The summed E-state index contributed by atoms with van der Waals surface area (Å²) in [6, 6.07) is 4.87. The predicted molar refractivity (Wildman–Crippen MR) is 254 cm³/mol. The van der Waals surface area contributed by atoms with Gasteiger partial charge in [-0.05, 0) is 48.4 Å². The number of phenols is 1. The summed E-state index contributed by atoms with van der Waals surface area (Å²) in [5.41, 5.74) is 17.1. The van der Waals surface area contributed by atoms with Gasteiger partial charge in [0.2, 0.25) is 59.1 Å². The Morgan fingerprint density at radius 2 is 1.38 bits per heavy atom. The average molecular weight is 1020 g/mol. The highest BCUT2D eigenvalue weighted by Crippen LogP contribution is 2.15. The summed E-state index contributed by atoms with van der Waals surface area (Å²) in [7, 11) is -3.10. The van der Waals surface area contributed by atoms with E-state index in [2.05, 4.69) is 37.2 Å². The third-order valence-corrected chi connectivity index (χ3v) is 13.1. The summed E-state index contributed by atoms with van der Waals surface area (Å²) >= 11 is 0. The van der Waals surface area contributed by atoms with Crippen LogP contribution in [0.25, 0.3) is 0 Å². The second-order valence-corrected chi connectivity index (χ2v) is 19.6. The van der Waals surface area contributed by atoms with Crippen molar-refractivity contribution in [3.63, 3.8) is 0 Å². The van der Waals surface area contributed by atoms with E-state index in [-0.39, 0.29) is 18.6 Å². The lowest BCUT2D eigenvalue weighted by Gasteiger charge is -2.30. The molecule has 10 amide bonds. The van der Waals surface area contributed by atoms with Crippen molar-refractivity contribution in [2.45, 2.75) is 108 Å². The number of nitrogens with zero attached hydrogens (tertiary/aromatic N) is 1. The molecule has 1 aliphatic rings. The van der Waals surface area contributed by atoms with Crippen molar-refractivity contribution < 1.29 is 66.6 Å². The SMILES string of the molecule is CC[C@H](C)[C@@H]1NC(=O)[C@@H](Cc2ccc(O)cc2)NC(O)CCS(=O)(=O)CC[C@@H](C(=O)N(C)CC(=O)N[C@@H](Cc2ccccc2)C(=O)NCC(N)=O)NC(=O)[C@H](CC(N)=O)NC(=O)[C@H](CCC(N)=O)NC1=O. The first-order valence-electron chi connectivity index (χ1n) is 22.7. The minimum absolute atomic E-state index is 0.0552. The fourth-order valence-corrected chi connectivity index (χ4v) is 8.62. The van der Waals surface area contributed by atoms with Gasteiger partial charge in [0.25, 0.3) is 0 Å². The molecule has 0 radical (unpaired) electrons. The molecule has 3 rings (SSSR count). The number of carbonyl (C=O) groups excluding carboxylic acids is 10. The number of carbonyl (C=O) groups is 10. The van der Waals surface area contributed by atoms with E-state index in [4.69, 9.17) is 17.2 Å².